The minimum absolute atomic E-state index is 0.215. The van der Waals surface area contributed by atoms with Crippen LogP contribution in [0.5, 0.6) is 0 Å². The van der Waals surface area contributed by atoms with E-state index in [1.54, 1.807) is 0 Å². The molecule has 20 heavy (non-hydrogen) atoms. The minimum atomic E-state index is -0.215. The summed E-state index contributed by atoms with van der Waals surface area (Å²) in [7, 11) is 2.01. The molecule has 1 aromatic carbocycles. The minimum Gasteiger partial charge on any atom is -0.342 e. The maximum atomic E-state index is 13.0. The monoisotopic (exact) mass is 272 g/mol. The van der Waals surface area contributed by atoms with Crippen molar-refractivity contribution in [1.29, 1.82) is 0 Å². The zero-order chi connectivity index (χ0) is 14.0. The van der Waals surface area contributed by atoms with Crippen molar-refractivity contribution in [3.05, 3.63) is 35.9 Å². The molecule has 0 unspecified atom stereocenters. The van der Waals surface area contributed by atoms with E-state index in [9.17, 15) is 4.79 Å². The van der Waals surface area contributed by atoms with Crippen molar-refractivity contribution in [2.75, 3.05) is 20.1 Å². The topological polar surface area (TPSA) is 32.3 Å². The summed E-state index contributed by atoms with van der Waals surface area (Å²) in [5.41, 5.74) is 1.00. The molecule has 0 spiro atoms. The van der Waals surface area contributed by atoms with Gasteiger partial charge in [0.1, 0.15) is 0 Å². The standard InChI is InChI=1S/C17H24N2O/c1-18-15-8-12-19(13-9-15)16(20)17(10-5-11-17)14-6-3-2-4-7-14/h2-4,6-7,15,18H,5,8-13H2,1H3. The molecule has 108 valence electrons. The quantitative estimate of drug-likeness (QED) is 0.916. The van der Waals surface area contributed by atoms with Gasteiger partial charge in [-0.15, -0.1) is 0 Å². The van der Waals surface area contributed by atoms with Crippen LogP contribution in [0.25, 0.3) is 0 Å². The zero-order valence-corrected chi connectivity index (χ0v) is 12.3. The summed E-state index contributed by atoms with van der Waals surface area (Å²) in [6, 6.07) is 11.0. The number of nitrogens with one attached hydrogen (secondary N) is 1. The predicted molar refractivity (Wildman–Crippen MR) is 80.6 cm³/mol. The SMILES string of the molecule is CNC1CCN(C(=O)C2(c3ccccc3)CCC2)CC1. The van der Waals surface area contributed by atoms with E-state index in [0.717, 1.165) is 38.8 Å². The Kier molecular flexibility index (Phi) is 3.79. The van der Waals surface area contributed by atoms with Crippen LogP contribution in [0.3, 0.4) is 0 Å². The Morgan fingerprint density at radius 1 is 1.20 bits per heavy atom. The molecule has 3 rings (SSSR count). The van der Waals surface area contributed by atoms with Crippen molar-refractivity contribution >= 4 is 5.91 Å². The number of piperidine rings is 1. The van der Waals surface area contributed by atoms with Crippen molar-refractivity contribution in [1.82, 2.24) is 10.2 Å². The second-order valence-corrected chi connectivity index (χ2v) is 6.16. The van der Waals surface area contributed by atoms with Gasteiger partial charge in [-0.2, -0.15) is 0 Å². The van der Waals surface area contributed by atoms with Gasteiger partial charge in [0, 0.05) is 19.1 Å². The highest BCUT2D eigenvalue weighted by Crippen LogP contribution is 2.45. The summed E-state index contributed by atoms with van der Waals surface area (Å²) in [4.78, 5) is 15.1. The van der Waals surface area contributed by atoms with Gasteiger partial charge in [-0.1, -0.05) is 36.8 Å². The van der Waals surface area contributed by atoms with Crippen LogP contribution in [-0.4, -0.2) is 37.0 Å². The number of hydrogen-bond donors (Lipinski definition) is 1. The average molecular weight is 272 g/mol. The Bertz CT molecular complexity index is 459. The van der Waals surface area contributed by atoms with Gasteiger partial charge in [0.25, 0.3) is 0 Å². The number of benzene rings is 1. The van der Waals surface area contributed by atoms with E-state index in [1.807, 2.05) is 13.1 Å². The number of amides is 1. The number of hydrogen-bond acceptors (Lipinski definition) is 2. The highest BCUT2D eigenvalue weighted by atomic mass is 16.2. The smallest absolute Gasteiger partial charge is 0.233 e. The molecule has 3 heteroatoms. The van der Waals surface area contributed by atoms with Crippen LogP contribution in [-0.2, 0) is 10.2 Å². The molecule has 0 aromatic heterocycles. The third-order valence-electron chi connectivity index (χ3n) is 5.13. The molecular weight excluding hydrogens is 248 g/mol. The second kappa shape index (κ2) is 5.57. The molecule has 1 saturated heterocycles. The normalized spacial score (nSPS) is 22.4. The molecule has 0 radical (unpaired) electrons. The van der Waals surface area contributed by atoms with Gasteiger partial charge in [0.15, 0.2) is 0 Å². The number of carbonyl (C=O) groups is 1. The molecule has 1 aliphatic heterocycles. The van der Waals surface area contributed by atoms with Gasteiger partial charge in [0.2, 0.25) is 5.91 Å². The zero-order valence-electron chi connectivity index (χ0n) is 12.3. The molecule has 2 aliphatic rings. The first-order valence-corrected chi connectivity index (χ1v) is 7.78. The molecule has 1 aliphatic carbocycles. The molecule has 1 saturated carbocycles. The third kappa shape index (κ3) is 2.24. The van der Waals surface area contributed by atoms with Crippen molar-refractivity contribution in [3.63, 3.8) is 0 Å². The number of likely N-dealkylation sites (tertiary alicyclic amines) is 1. The third-order valence-corrected chi connectivity index (χ3v) is 5.13. The van der Waals surface area contributed by atoms with Gasteiger partial charge in [-0.05, 0) is 38.3 Å². The van der Waals surface area contributed by atoms with Crippen LogP contribution in [0.4, 0.5) is 0 Å². The largest absolute Gasteiger partial charge is 0.342 e. The van der Waals surface area contributed by atoms with Crippen LogP contribution in [0.15, 0.2) is 30.3 Å². The number of carbonyl (C=O) groups excluding carboxylic acids is 1. The molecule has 1 aromatic rings. The molecule has 1 amide bonds. The van der Waals surface area contributed by atoms with Crippen LogP contribution < -0.4 is 5.32 Å². The Balaban J connectivity index is 1.75. The Hall–Kier alpha value is -1.35. The van der Waals surface area contributed by atoms with Crippen LogP contribution in [0.2, 0.25) is 0 Å². The van der Waals surface area contributed by atoms with E-state index >= 15 is 0 Å². The molecule has 1 N–H and O–H groups in total. The fourth-order valence-corrected chi connectivity index (χ4v) is 3.59. The van der Waals surface area contributed by atoms with Crippen molar-refractivity contribution < 1.29 is 4.79 Å². The van der Waals surface area contributed by atoms with Gasteiger partial charge in [-0.3, -0.25) is 4.79 Å². The molecule has 3 nitrogen and oxygen atoms in total. The lowest BCUT2D eigenvalue weighted by molar-refractivity contribution is -0.142. The average Bonchev–Trinajstić information content (AvgIpc) is 2.47. The fourth-order valence-electron chi connectivity index (χ4n) is 3.59. The lowest BCUT2D eigenvalue weighted by Crippen LogP contribution is -2.54. The summed E-state index contributed by atoms with van der Waals surface area (Å²) < 4.78 is 0. The first-order chi connectivity index (χ1) is 9.76. The number of nitrogens with zero attached hydrogens (tertiary/aromatic N) is 1. The van der Waals surface area contributed by atoms with E-state index in [-0.39, 0.29) is 5.41 Å². The van der Waals surface area contributed by atoms with Crippen LogP contribution >= 0.6 is 0 Å². The maximum Gasteiger partial charge on any atom is 0.233 e. The maximum absolute atomic E-state index is 13.0. The van der Waals surface area contributed by atoms with Gasteiger partial charge >= 0.3 is 0 Å². The van der Waals surface area contributed by atoms with Gasteiger partial charge < -0.3 is 10.2 Å². The Morgan fingerprint density at radius 2 is 1.85 bits per heavy atom. The van der Waals surface area contributed by atoms with E-state index in [4.69, 9.17) is 0 Å². The first kappa shape index (κ1) is 13.6. The Morgan fingerprint density at radius 3 is 2.35 bits per heavy atom. The lowest BCUT2D eigenvalue weighted by atomic mass is 9.63. The molecule has 1 heterocycles. The van der Waals surface area contributed by atoms with Crippen LogP contribution in [0.1, 0.15) is 37.7 Å². The summed E-state index contributed by atoms with van der Waals surface area (Å²) in [6.45, 7) is 1.80. The summed E-state index contributed by atoms with van der Waals surface area (Å²) in [6.07, 6.45) is 5.36. The molecule has 0 atom stereocenters. The van der Waals surface area contributed by atoms with E-state index < -0.39 is 0 Å². The van der Waals surface area contributed by atoms with Crippen molar-refractivity contribution in [2.45, 2.75) is 43.6 Å². The molecular formula is C17H24N2O. The van der Waals surface area contributed by atoms with Crippen molar-refractivity contribution in [2.24, 2.45) is 0 Å². The fraction of sp³-hybridized carbons (Fsp3) is 0.588. The second-order valence-electron chi connectivity index (χ2n) is 6.16. The Labute approximate surface area is 121 Å². The van der Waals surface area contributed by atoms with Crippen molar-refractivity contribution in [3.8, 4) is 0 Å². The lowest BCUT2D eigenvalue weighted by Gasteiger charge is -2.45. The number of rotatable bonds is 3. The highest BCUT2D eigenvalue weighted by Gasteiger charge is 2.47. The van der Waals surface area contributed by atoms with E-state index in [0.29, 0.717) is 11.9 Å². The van der Waals surface area contributed by atoms with Gasteiger partial charge in [-0.25, -0.2) is 0 Å². The van der Waals surface area contributed by atoms with Gasteiger partial charge in [0.05, 0.1) is 5.41 Å². The van der Waals surface area contributed by atoms with E-state index in [1.165, 1.54) is 12.0 Å². The molecule has 2 fully saturated rings. The summed E-state index contributed by atoms with van der Waals surface area (Å²) >= 11 is 0. The predicted octanol–water partition coefficient (Wildman–Crippen LogP) is 2.32. The first-order valence-electron chi connectivity index (χ1n) is 7.78. The highest BCUT2D eigenvalue weighted by molar-refractivity contribution is 5.89. The van der Waals surface area contributed by atoms with E-state index in [2.05, 4.69) is 34.5 Å². The van der Waals surface area contributed by atoms with Crippen LogP contribution in [0, 0.1) is 0 Å². The molecule has 0 bridgehead atoms. The summed E-state index contributed by atoms with van der Waals surface area (Å²) in [5.74, 6) is 0.365. The summed E-state index contributed by atoms with van der Waals surface area (Å²) in [5, 5.41) is 3.32.